The molecule has 2 aromatic rings. The highest BCUT2D eigenvalue weighted by atomic mass is 35.5. The minimum atomic E-state index is -4.65. The lowest BCUT2D eigenvalue weighted by Gasteiger charge is -2.08. The topological polar surface area (TPSA) is 64.7 Å². The van der Waals surface area contributed by atoms with E-state index in [1.54, 1.807) is 10.9 Å². The summed E-state index contributed by atoms with van der Waals surface area (Å²) in [5.74, 6) is -0.484. The molecule has 2 heterocycles. The average molecular weight is 410 g/mol. The summed E-state index contributed by atoms with van der Waals surface area (Å²) in [4.78, 5) is 12.1. The van der Waals surface area contributed by atoms with Crippen LogP contribution in [0.4, 0.5) is 13.2 Å². The third-order valence-corrected chi connectivity index (χ3v) is 4.51. The Morgan fingerprint density at radius 3 is 2.65 bits per heavy atom. The number of rotatable bonds is 7. The Kier molecular flexibility index (Phi) is 5.47. The van der Waals surface area contributed by atoms with Gasteiger partial charge in [0.2, 0.25) is 5.91 Å². The largest absolute Gasteiger partial charge is 0.436 e. The zero-order valence-corrected chi connectivity index (χ0v) is 15.1. The molecule has 1 fully saturated rings. The summed E-state index contributed by atoms with van der Waals surface area (Å²) in [6.07, 6.45) is 0.628. The number of carbonyl (C=O) groups excluding carboxylic acids is 1. The van der Waals surface area contributed by atoms with Gasteiger partial charge >= 0.3 is 6.18 Å². The standard InChI is InChI=1S/C15H16Cl2F3N5O/c16-10-6-22-24(7-10)5-1-4-21-11(26)8-25-13(9-2-3-9)12(17)14(23-25)15(18,19)20/h6-7,9H,1-5,8H2,(H,21,26). The summed E-state index contributed by atoms with van der Waals surface area (Å²) in [6, 6.07) is 0. The number of carbonyl (C=O) groups is 1. The lowest BCUT2D eigenvalue weighted by molar-refractivity contribution is -0.141. The van der Waals surface area contributed by atoms with Crippen molar-refractivity contribution in [1.29, 1.82) is 0 Å². The van der Waals surface area contributed by atoms with Crippen LogP contribution in [0.1, 0.15) is 36.6 Å². The first kappa shape index (κ1) is 19.0. The highest BCUT2D eigenvalue weighted by molar-refractivity contribution is 6.32. The summed E-state index contributed by atoms with van der Waals surface area (Å²) >= 11 is 11.6. The highest BCUT2D eigenvalue weighted by Crippen LogP contribution is 2.46. The molecular formula is C15H16Cl2F3N5O. The van der Waals surface area contributed by atoms with Crippen LogP contribution in [-0.4, -0.2) is 32.0 Å². The molecule has 11 heteroatoms. The summed E-state index contributed by atoms with van der Waals surface area (Å²) in [6.45, 7) is 0.623. The second-order valence-electron chi connectivity index (χ2n) is 6.10. The number of hydrogen-bond donors (Lipinski definition) is 1. The van der Waals surface area contributed by atoms with Crippen LogP contribution < -0.4 is 5.32 Å². The molecule has 0 unspecified atom stereocenters. The number of nitrogens with one attached hydrogen (secondary N) is 1. The zero-order valence-electron chi connectivity index (χ0n) is 13.6. The van der Waals surface area contributed by atoms with Gasteiger partial charge in [0.05, 0.1) is 21.9 Å². The first-order chi connectivity index (χ1) is 12.3. The van der Waals surface area contributed by atoms with Crippen LogP contribution in [-0.2, 0) is 24.1 Å². The predicted molar refractivity (Wildman–Crippen MR) is 89.1 cm³/mol. The van der Waals surface area contributed by atoms with Crippen molar-refractivity contribution in [3.63, 3.8) is 0 Å². The highest BCUT2D eigenvalue weighted by Gasteiger charge is 2.42. The fraction of sp³-hybridized carbons (Fsp3) is 0.533. The molecule has 0 bridgehead atoms. The number of amides is 1. The Morgan fingerprint density at radius 2 is 2.08 bits per heavy atom. The Balaban J connectivity index is 1.57. The van der Waals surface area contributed by atoms with E-state index in [-0.39, 0.29) is 12.5 Å². The second-order valence-corrected chi connectivity index (χ2v) is 6.92. The molecule has 0 radical (unpaired) electrons. The van der Waals surface area contributed by atoms with Gasteiger partial charge in [0.15, 0.2) is 5.69 Å². The van der Waals surface area contributed by atoms with Crippen molar-refractivity contribution in [3.05, 3.63) is 33.8 Å². The van der Waals surface area contributed by atoms with Crippen molar-refractivity contribution >= 4 is 29.1 Å². The zero-order chi connectivity index (χ0) is 18.9. The Morgan fingerprint density at radius 1 is 1.35 bits per heavy atom. The van der Waals surface area contributed by atoms with Crippen molar-refractivity contribution in [2.75, 3.05) is 6.54 Å². The number of nitrogens with zero attached hydrogens (tertiary/aromatic N) is 4. The van der Waals surface area contributed by atoms with Gasteiger partial charge in [-0.05, 0) is 19.3 Å². The van der Waals surface area contributed by atoms with Crippen molar-refractivity contribution in [2.45, 2.75) is 44.4 Å². The maximum absolute atomic E-state index is 13.0. The number of aryl methyl sites for hydroxylation is 1. The molecule has 2 aromatic heterocycles. The molecule has 1 aliphatic carbocycles. The van der Waals surface area contributed by atoms with E-state index < -0.39 is 22.8 Å². The first-order valence-electron chi connectivity index (χ1n) is 8.03. The van der Waals surface area contributed by atoms with Crippen LogP contribution in [0.2, 0.25) is 10.0 Å². The fourth-order valence-electron chi connectivity index (χ4n) is 2.62. The molecule has 1 amide bonds. The fourth-order valence-corrected chi connectivity index (χ4v) is 3.18. The molecule has 6 nitrogen and oxygen atoms in total. The van der Waals surface area contributed by atoms with E-state index in [0.717, 1.165) is 17.5 Å². The van der Waals surface area contributed by atoms with Gasteiger partial charge in [-0.25, -0.2) is 0 Å². The number of halogens is 5. The van der Waals surface area contributed by atoms with Crippen LogP contribution in [0.5, 0.6) is 0 Å². The maximum Gasteiger partial charge on any atom is 0.436 e. The summed E-state index contributed by atoms with van der Waals surface area (Å²) in [5.41, 5.74) is -0.843. The molecule has 142 valence electrons. The third-order valence-electron chi connectivity index (χ3n) is 3.95. The first-order valence-corrected chi connectivity index (χ1v) is 8.79. The van der Waals surface area contributed by atoms with Crippen LogP contribution in [0, 0.1) is 0 Å². The van der Waals surface area contributed by atoms with E-state index in [2.05, 4.69) is 15.5 Å². The SMILES string of the molecule is O=C(Cn1nc(C(F)(F)F)c(Cl)c1C1CC1)NCCCn1cc(Cl)cn1. The smallest absolute Gasteiger partial charge is 0.354 e. The van der Waals surface area contributed by atoms with E-state index in [0.29, 0.717) is 30.2 Å². The normalized spacial score (nSPS) is 14.7. The van der Waals surface area contributed by atoms with Gasteiger partial charge < -0.3 is 5.32 Å². The van der Waals surface area contributed by atoms with Gasteiger partial charge in [0, 0.05) is 25.2 Å². The molecule has 1 N–H and O–H groups in total. The van der Waals surface area contributed by atoms with E-state index in [9.17, 15) is 18.0 Å². The average Bonchev–Trinajstić information content (AvgIpc) is 3.20. The number of hydrogen-bond acceptors (Lipinski definition) is 3. The molecule has 1 aliphatic rings. The van der Waals surface area contributed by atoms with E-state index in [1.807, 2.05) is 0 Å². The van der Waals surface area contributed by atoms with Gasteiger partial charge in [-0.1, -0.05) is 23.2 Å². The Hall–Kier alpha value is -1.74. The van der Waals surface area contributed by atoms with Gasteiger partial charge in [0.25, 0.3) is 0 Å². The van der Waals surface area contributed by atoms with Gasteiger partial charge in [-0.3, -0.25) is 14.2 Å². The summed E-state index contributed by atoms with van der Waals surface area (Å²) in [7, 11) is 0. The monoisotopic (exact) mass is 409 g/mol. The van der Waals surface area contributed by atoms with E-state index >= 15 is 0 Å². The quantitative estimate of drug-likeness (QED) is 0.711. The summed E-state index contributed by atoms with van der Waals surface area (Å²) < 4.78 is 41.7. The predicted octanol–water partition coefficient (Wildman–Crippen LogP) is 3.49. The Labute approximate surface area is 157 Å². The van der Waals surface area contributed by atoms with E-state index in [4.69, 9.17) is 23.2 Å². The van der Waals surface area contributed by atoms with Crippen molar-refractivity contribution in [3.8, 4) is 0 Å². The third kappa shape index (κ3) is 4.50. The van der Waals surface area contributed by atoms with Gasteiger partial charge in [-0.2, -0.15) is 23.4 Å². The van der Waals surface area contributed by atoms with Crippen molar-refractivity contribution < 1.29 is 18.0 Å². The lowest BCUT2D eigenvalue weighted by atomic mass is 10.2. The molecule has 0 spiro atoms. The molecule has 0 aliphatic heterocycles. The molecular weight excluding hydrogens is 394 g/mol. The number of aromatic nitrogens is 4. The van der Waals surface area contributed by atoms with Gasteiger partial charge in [-0.15, -0.1) is 0 Å². The van der Waals surface area contributed by atoms with Gasteiger partial charge in [0.1, 0.15) is 6.54 Å². The molecule has 0 atom stereocenters. The van der Waals surface area contributed by atoms with Crippen LogP contribution in [0.15, 0.2) is 12.4 Å². The second kappa shape index (κ2) is 7.48. The van der Waals surface area contributed by atoms with Crippen LogP contribution >= 0.6 is 23.2 Å². The van der Waals surface area contributed by atoms with Crippen molar-refractivity contribution in [1.82, 2.24) is 24.9 Å². The lowest BCUT2D eigenvalue weighted by Crippen LogP contribution is -2.30. The molecule has 3 rings (SSSR count). The Bertz CT molecular complexity index is 798. The van der Waals surface area contributed by atoms with Crippen LogP contribution in [0.3, 0.4) is 0 Å². The molecule has 0 aromatic carbocycles. The number of alkyl halides is 3. The van der Waals surface area contributed by atoms with Crippen molar-refractivity contribution in [2.24, 2.45) is 0 Å². The molecule has 1 saturated carbocycles. The van der Waals surface area contributed by atoms with E-state index in [1.165, 1.54) is 6.20 Å². The minimum absolute atomic E-state index is 0.0662. The maximum atomic E-state index is 13.0. The van der Waals surface area contributed by atoms with Crippen LogP contribution in [0.25, 0.3) is 0 Å². The molecule has 0 saturated heterocycles. The minimum Gasteiger partial charge on any atom is -0.354 e. The summed E-state index contributed by atoms with van der Waals surface area (Å²) in [5, 5.41) is 10.3. The molecule has 26 heavy (non-hydrogen) atoms.